The van der Waals surface area contributed by atoms with Crippen LogP contribution in [0.1, 0.15) is 18.4 Å². The zero-order valence-corrected chi connectivity index (χ0v) is 16.0. The van der Waals surface area contributed by atoms with Gasteiger partial charge in [0.2, 0.25) is 11.9 Å². The Kier molecular flexibility index (Phi) is 6.84. The van der Waals surface area contributed by atoms with Crippen LogP contribution in [-0.2, 0) is 16.2 Å². The van der Waals surface area contributed by atoms with Crippen molar-refractivity contribution in [2.24, 2.45) is 11.1 Å². The second-order valence-corrected chi connectivity index (χ2v) is 6.89. The van der Waals surface area contributed by atoms with E-state index in [1.807, 2.05) is 0 Å². The summed E-state index contributed by atoms with van der Waals surface area (Å²) < 4.78 is 0. The molecule has 1 aliphatic heterocycles. The third-order valence-electron chi connectivity index (χ3n) is 4.25. The molecule has 1 saturated heterocycles. The number of carbonyl (C=O) groups excluding carboxylic acids is 1. The first-order valence-electron chi connectivity index (χ1n) is 8.53. The first kappa shape index (κ1) is 19.4. The minimum absolute atomic E-state index is 0.0634. The van der Waals surface area contributed by atoms with Gasteiger partial charge in [-0.2, -0.15) is 0 Å². The molecule has 7 nitrogen and oxygen atoms in total. The van der Waals surface area contributed by atoms with E-state index in [9.17, 15) is 4.79 Å². The van der Waals surface area contributed by atoms with Crippen molar-refractivity contribution in [3.63, 3.8) is 0 Å². The third kappa shape index (κ3) is 5.55. The average molecular weight is 408 g/mol. The maximum atomic E-state index is 12.2. The Hall–Kier alpha value is -2.38. The van der Waals surface area contributed by atoms with Crippen LogP contribution >= 0.6 is 23.2 Å². The van der Waals surface area contributed by atoms with Gasteiger partial charge in [-0.3, -0.25) is 4.79 Å². The molecule has 0 spiro atoms. The van der Waals surface area contributed by atoms with Gasteiger partial charge in [-0.15, -0.1) is 0 Å². The summed E-state index contributed by atoms with van der Waals surface area (Å²) in [6, 6.07) is 6.99. The van der Waals surface area contributed by atoms with Gasteiger partial charge in [0.1, 0.15) is 12.9 Å². The van der Waals surface area contributed by atoms with Crippen LogP contribution in [-0.4, -0.2) is 35.3 Å². The average Bonchev–Trinajstić information content (AvgIpc) is 2.71. The van der Waals surface area contributed by atoms with E-state index in [4.69, 9.17) is 28.0 Å². The highest BCUT2D eigenvalue weighted by molar-refractivity contribution is 6.42. The van der Waals surface area contributed by atoms with Crippen molar-refractivity contribution in [2.45, 2.75) is 19.4 Å². The second-order valence-electron chi connectivity index (χ2n) is 6.08. The molecule has 0 unspecified atom stereocenters. The minimum atomic E-state index is -0.0643. The van der Waals surface area contributed by atoms with Crippen molar-refractivity contribution in [1.82, 2.24) is 15.3 Å². The van der Waals surface area contributed by atoms with Gasteiger partial charge in [0.25, 0.3) is 0 Å². The Balaban J connectivity index is 1.38. The van der Waals surface area contributed by atoms with Gasteiger partial charge in [-0.1, -0.05) is 34.4 Å². The van der Waals surface area contributed by atoms with Gasteiger partial charge < -0.3 is 15.1 Å². The summed E-state index contributed by atoms with van der Waals surface area (Å²) in [4.78, 5) is 27.9. The highest BCUT2D eigenvalue weighted by atomic mass is 35.5. The molecule has 3 rings (SSSR count). The number of rotatable bonds is 6. The number of benzene rings is 1. The molecule has 1 aromatic heterocycles. The summed E-state index contributed by atoms with van der Waals surface area (Å²) >= 11 is 11.8. The first-order valence-corrected chi connectivity index (χ1v) is 9.29. The van der Waals surface area contributed by atoms with Crippen molar-refractivity contribution in [2.75, 3.05) is 18.0 Å². The summed E-state index contributed by atoms with van der Waals surface area (Å²) in [5, 5.41) is 7.36. The van der Waals surface area contributed by atoms with E-state index < -0.39 is 0 Å². The first-order chi connectivity index (χ1) is 13.1. The molecule has 1 N–H and O–H groups in total. The topological polar surface area (TPSA) is 79.7 Å². The predicted molar refractivity (Wildman–Crippen MR) is 105 cm³/mol. The Morgan fingerprint density at radius 1 is 1.26 bits per heavy atom. The molecule has 1 amide bonds. The van der Waals surface area contributed by atoms with Gasteiger partial charge >= 0.3 is 0 Å². The molecule has 0 saturated carbocycles. The molecular weight excluding hydrogens is 389 g/mol. The standard InChI is InChI=1S/C18H19Cl2N5O2/c19-15-3-2-13(10-16(15)20)11-27-24-12-23-17(26)14-4-8-25(9-5-14)18-21-6-1-7-22-18/h1-3,6-7,10,12,14H,4-5,8-9,11H2,(H,23,24,26). The molecule has 0 radical (unpaired) electrons. The number of carbonyl (C=O) groups is 1. The summed E-state index contributed by atoms with van der Waals surface area (Å²) in [6.07, 6.45) is 6.18. The maximum absolute atomic E-state index is 12.2. The van der Waals surface area contributed by atoms with Crippen LogP contribution in [0.25, 0.3) is 0 Å². The lowest BCUT2D eigenvalue weighted by Crippen LogP contribution is -2.40. The van der Waals surface area contributed by atoms with Crippen LogP contribution in [0, 0.1) is 5.92 Å². The normalized spacial score (nSPS) is 15.1. The number of oxime groups is 1. The highest BCUT2D eigenvalue weighted by Crippen LogP contribution is 2.23. The number of nitrogens with one attached hydrogen (secondary N) is 1. The molecule has 1 fully saturated rings. The third-order valence-corrected chi connectivity index (χ3v) is 4.99. The Bertz CT molecular complexity index is 796. The zero-order chi connectivity index (χ0) is 19.1. The number of hydrogen-bond acceptors (Lipinski definition) is 6. The quantitative estimate of drug-likeness (QED) is 0.451. The van der Waals surface area contributed by atoms with Crippen molar-refractivity contribution >= 4 is 41.4 Å². The van der Waals surface area contributed by atoms with E-state index in [2.05, 4.69) is 25.3 Å². The van der Waals surface area contributed by atoms with Gasteiger partial charge in [-0.25, -0.2) is 9.97 Å². The number of halogens is 2. The number of amides is 1. The van der Waals surface area contributed by atoms with E-state index in [-0.39, 0.29) is 18.4 Å². The van der Waals surface area contributed by atoms with Crippen molar-refractivity contribution in [1.29, 1.82) is 0 Å². The molecule has 0 aliphatic carbocycles. The lowest BCUT2D eigenvalue weighted by Gasteiger charge is -2.30. The van der Waals surface area contributed by atoms with Gasteiger partial charge in [0.15, 0.2) is 0 Å². The van der Waals surface area contributed by atoms with Gasteiger partial charge in [0.05, 0.1) is 10.0 Å². The monoisotopic (exact) mass is 407 g/mol. The van der Waals surface area contributed by atoms with Crippen molar-refractivity contribution in [3.8, 4) is 0 Å². The molecule has 1 aromatic carbocycles. The van der Waals surface area contributed by atoms with E-state index in [0.717, 1.165) is 31.5 Å². The highest BCUT2D eigenvalue weighted by Gasteiger charge is 2.25. The number of hydrogen-bond donors (Lipinski definition) is 1. The lowest BCUT2D eigenvalue weighted by molar-refractivity contribution is -0.124. The van der Waals surface area contributed by atoms with Gasteiger partial charge in [-0.05, 0) is 36.6 Å². The number of piperidine rings is 1. The number of nitrogens with zero attached hydrogens (tertiary/aromatic N) is 4. The van der Waals surface area contributed by atoms with E-state index >= 15 is 0 Å². The summed E-state index contributed by atoms with van der Waals surface area (Å²) in [7, 11) is 0. The molecule has 0 bridgehead atoms. The number of anilines is 1. The molecule has 142 valence electrons. The lowest BCUT2D eigenvalue weighted by atomic mass is 9.96. The molecule has 9 heteroatoms. The van der Waals surface area contributed by atoms with E-state index in [0.29, 0.717) is 16.0 Å². The molecule has 0 atom stereocenters. The Labute approximate surface area is 167 Å². The SMILES string of the molecule is O=C(NC=NOCc1ccc(Cl)c(Cl)c1)C1CCN(c2ncccn2)CC1. The smallest absolute Gasteiger partial charge is 0.228 e. The molecular formula is C18H19Cl2N5O2. The fourth-order valence-electron chi connectivity index (χ4n) is 2.78. The summed E-state index contributed by atoms with van der Waals surface area (Å²) in [5.74, 6) is 0.575. The zero-order valence-electron chi connectivity index (χ0n) is 14.5. The Morgan fingerprint density at radius 3 is 2.70 bits per heavy atom. The van der Waals surface area contributed by atoms with Gasteiger partial charge in [0, 0.05) is 31.4 Å². The van der Waals surface area contributed by atoms with Crippen LogP contribution in [0.3, 0.4) is 0 Å². The van der Waals surface area contributed by atoms with Crippen LogP contribution < -0.4 is 10.2 Å². The number of aromatic nitrogens is 2. The minimum Gasteiger partial charge on any atom is -0.390 e. The fraction of sp³-hybridized carbons (Fsp3) is 0.333. The molecule has 2 aromatic rings. The maximum Gasteiger partial charge on any atom is 0.228 e. The van der Waals surface area contributed by atoms with E-state index in [1.54, 1.807) is 36.7 Å². The molecule has 1 aliphatic rings. The van der Waals surface area contributed by atoms with Crippen LogP contribution in [0.15, 0.2) is 41.8 Å². The molecule has 2 heterocycles. The fourth-order valence-corrected chi connectivity index (χ4v) is 3.10. The summed E-state index contributed by atoms with van der Waals surface area (Å²) in [6.45, 7) is 1.72. The second kappa shape index (κ2) is 9.53. The van der Waals surface area contributed by atoms with Crippen LogP contribution in [0.2, 0.25) is 10.0 Å². The van der Waals surface area contributed by atoms with Crippen molar-refractivity contribution in [3.05, 3.63) is 52.3 Å². The molecule has 27 heavy (non-hydrogen) atoms. The van der Waals surface area contributed by atoms with E-state index in [1.165, 1.54) is 6.34 Å². The Morgan fingerprint density at radius 2 is 2.00 bits per heavy atom. The van der Waals surface area contributed by atoms with Crippen molar-refractivity contribution < 1.29 is 9.63 Å². The van der Waals surface area contributed by atoms with Crippen LogP contribution in [0.4, 0.5) is 5.95 Å². The van der Waals surface area contributed by atoms with Crippen LogP contribution in [0.5, 0.6) is 0 Å². The summed E-state index contributed by atoms with van der Waals surface area (Å²) in [5.41, 5.74) is 0.836. The predicted octanol–water partition coefficient (Wildman–Crippen LogP) is 3.28. The largest absolute Gasteiger partial charge is 0.390 e.